The van der Waals surface area contributed by atoms with E-state index in [0.717, 1.165) is 38.0 Å². The summed E-state index contributed by atoms with van der Waals surface area (Å²) in [6, 6.07) is 5.62. The van der Waals surface area contributed by atoms with E-state index in [-0.39, 0.29) is 11.6 Å². The van der Waals surface area contributed by atoms with Crippen LogP contribution in [0.5, 0.6) is 0 Å². The first-order valence-corrected chi connectivity index (χ1v) is 9.56. The van der Waals surface area contributed by atoms with Gasteiger partial charge in [-0.2, -0.15) is 0 Å². The number of fused-ring (bicyclic) bond motifs is 1. The molecule has 0 unspecified atom stereocenters. The Hall–Kier alpha value is -3.46. The van der Waals surface area contributed by atoms with E-state index < -0.39 is 11.2 Å². The van der Waals surface area contributed by atoms with Crippen LogP contribution in [-0.4, -0.2) is 42.1 Å². The van der Waals surface area contributed by atoms with Crippen LogP contribution < -0.4 is 11.2 Å². The second-order valence-electron chi connectivity index (χ2n) is 7.26. The molecule has 29 heavy (non-hydrogen) atoms. The number of aromatic nitrogens is 5. The third kappa shape index (κ3) is 3.19. The molecule has 0 spiro atoms. The number of furan rings is 1. The summed E-state index contributed by atoms with van der Waals surface area (Å²) in [6.45, 7) is 2.69. The predicted molar refractivity (Wildman–Crippen MR) is 106 cm³/mol. The second-order valence-corrected chi connectivity index (χ2v) is 7.26. The van der Waals surface area contributed by atoms with Gasteiger partial charge in [0.2, 0.25) is 0 Å². The van der Waals surface area contributed by atoms with Gasteiger partial charge in [-0.05, 0) is 31.0 Å². The highest BCUT2D eigenvalue weighted by Crippen LogP contribution is 2.27. The molecule has 148 valence electrons. The zero-order chi connectivity index (χ0) is 19.8. The van der Waals surface area contributed by atoms with Crippen molar-refractivity contribution in [2.45, 2.75) is 25.4 Å². The van der Waals surface area contributed by atoms with Crippen molar-refractivity contribution < 1.29 is 4.42 Å². The van der Waals surface area contributed by atoms with Crippen LogP contribution in [-0.2, 0) is 6.54 Å². The average Bonchev–Trinajstić information content (AvgIpc) is 3.40. The Morgan fingerprint density at radius 3 is 2.66 bits per heavy atom. The Bertz CT molecular complexity index is 1230. The number of imidazole rings is 1. The number of hydrogen-bond acceptors (Lipinski definition) is 6. The summed E-state index contributed by atoms with van der Waals surface area (Å²) in [5, 5.41) is 0. The maximum absolute atomic E-state index is 12.6. The maximum atomic E-state index is 12.6. The molecule has 5 heterocycles. The lowest BCUT2D eigenvalue weighted by atomic mass is 10.0. The molecule has 0 aromatic carbocycles. The van der Waals surface area contributed by atoms with Gasteiger partial charge in [-0.15, -0.1) is 0 Å². The van der Waals surface area contributed by atoms with Crippen LogP contribution >= 0.6 is 0 Å². The lowest BCUT2D eigenvalue weighted by Crippen LogP contribution is -2.35. The molecule has 1 aliphatic heterocycles. The molecule has 4 aromatic rings. The van der Waals surface area contributed by atoms with Crippen molar-refractivity contribution >= 4 is 11.2 Å². The molecule has 0 atom stereocenters. The normalized spacial score (nSPS) is 15.9. The molecule has 0 amide bonds. The highest BCUT2D eigenvalue weighted by molar-refractivity contribution is 5.72. The highest BCUT2D eigenvalue weighted by atomic mass is 16.3. The first-order valence-electron chi connectivity index (χ1n) is 9.56. The number of aromatic amines is 1. The van der Waals surface area contributed by atoms with Gasteiger partial charge in [-0.25, -0.2) is 14.3 Å². The second kappa shape index (κ2) is 7.17. The molecule has 0 aliphatic carbocycles. The lowest BCUT2D eigenvalue weighted by molar-refractivity contribution is 0.180. The Morgan fingerprint density at radius 1 is 1.14 bits per heavy atom. The van der Waals surface area contributed by atoms with Gasteiger partial charge in [0.05, 0.1) is 24.5 Å². The molecular formula is C20H20N6O3. The third-order valence-corrected chi connectivity index (χ3v) is 5.48. The Kier molecular flexibility index (Phi) is 4.36. The van der Waals surface area contributed by atoms with Crippen LogP contribution in [0.25, 0.3) is 16.9 Å². The van der Waals surface area contributed by atoms with Crippen LogP contribution in [0, 0.1) is 0 Å². The molecule has 0 saturated carbocycles. The van der Waals surface area contributed by atoms with Crippen molar-refractivity contribution in [3.05, 3.63) is 75.8 Å². The van der Waals surface area contributed by atoms with Gasteiger partial charge in [-0.1, -0.05) is 0 Å². The average molecular weight is 392 g/mol. The number of H-pyrrole nitrogens is 1. The predicted octanol–water partition coefficient (Wildman–Crippen LogP) is 1.70. The minimum absolute atomic E-state index is 0.162. The number of pyridine rings is 1. The van der Waals surface area contributed by atoms with Crippen LogP contribution in [0.4, 0.5) is 0 Å². The van der Waals surface area contributed by atoms with E-state index in [1.54, 1.807) is 43.4 Å². The Labute approximate surface area is 165 Å². The van der Waals surface area contributed by atoms with Gasteiger partial charge in [0.1, 0.15) is 0 Å². The monoisotopic (exact) mass is 392 g/mol. The number of nitrogens with zero attached hydrogens (tertiary/aromatic N) is 5. The third-order valence-electron chi connectivity index (χ3n) is 5.48. The Balaban J connectivity index is 1.50. The highest BCUT2D eigenvalue weighted by Gasteiger charge is 2.25. The van der Waals surface area contributed by atoms with Crippen LogP contribution in [0.2, 0.25) is 0 Å². The number of likely N-dealkylation sites (tertiary alicyclic amines) is 1. The van der Waals surface area contributed by atoms with Crippen molar-refractivity contribution in [1.82, 2.24) is 29.0 Å². The van der Waals surface area contributed by atoms with Crippen LogP contribution in [0.3, 0.4) is 0 Å². The van der Waals surface area contributed by atoms with Gasteiger partial charge in [0.25, 0.3) is 5.56 Å². The van der Waals surface area contributed by atoms with Gasteiger partial charge in [0, 0.05) is 43.6 Å². The maximum Gasteiger partial charge on any atom is 0.334 e. The van der Waals surface area contributed by atoms with Gasteiger partial charge in [0.15, 0.2) is 11.2 Å². The largest absolute Gasteiger partial charge is 0.472 e. The Morgan fingerprint density at radius 2 is 1.93 bits per heavy atom. The molecule has 1 fully saturated rings. The van der Waals surface area contributed by atoms with E-state index in [1.165, 1.54) is 4.57 Å². The molecule has 0 bridgehead atoms. The molecule has 1 aliphatic rings. The topological polar surface area (TPSA) is 102 Å². The summed E-state index contributed by atoms with van der Waals surface area (Å²) in [7, 11) is 0. The molecule has 0 radical (unpaired) electrons. The summed E-state index contributed by atoms with van der Waals surface area (Å²) < 4.78 is 8.63. The van der Waals surface area contributed by atoms with Crippen molar-refractivity contribution in [2.24, 2.45) is 0 Å². The van der Waals surface area contributed by atoms with Crippen molar-refractivity contribution in [3.8, 4) is 5.69 Å². The summed E-state index contributed by atoms with van der Waals surface area (Å²) in [5.41, 5.74) is 1.65. The standard InChI is InChI=1S/C20H20N6O3/c27-18-17-19(26(20(28)23-18)16-1-6-21-7-2-16)25(13-22-17)15-3-8-24(9-4-15)11-14-5-10-29-12-14/h1-2,5-7,10,12-13,15H,3-4,8-9,11H2,(H,23,27,28). The molecule has 9 heteroatoms. The minimum atomic E-state index is -0.479. The molecule has 1 N–H and O–H groups in total. The molecule has 5 rings (SSSR count). The number of rotatable bonds is 4. The van der Waals surface area contributed by atoms with Crippen molar-refractivity contribution in [2.75, 3.05) is 13.1 Å². The van der Waals surface area contributed by atoms with E-state index in [1.807, 2.05) is 10.6 Å². The number of nitrogens with one attached hydrogen (secondary N) is 1. The van der Waals surface area contributed by atoms with Crippen molar-refractivity contribution in [1.29, 1.82) is 0 Å². The summed E-state index contributed by atoms with van der Waals surface area (Å²) >= 11 is 0. The zero-order valence-electron chi connectivity index (χ0n) is 15.7. The van der Waals surface area contributed by atoms with E-state index >= 15 is 0 Å². The first kappa shape index (κ1) is 17.6. The molecule has 4 aromatic heterocycles. The SMILES string of the molecule is O=c1[nH]c(=O)n(-c2ccncc2)c2c1ncn2C1CCN(Cc2ccoc2)CC1. The smallest absolute Gasteiger partial charge is 0.334 e. The fourth-order valence-electron chi connectivity index (χ4n) is 4.04. The minimum Gasteiger partial charge on any atom is -0.472 e. The summed E-state index contributed by atoms with van der Waals surface area (Å²) in [6.07, 6.45) is 10.2. The fraction of sp³-hybridized carbons (Fsp3) is 0.300. The fourth-order valence-corrected chi connectivity index (χ4v) is 4.04. The van der Waals surface area contributed by atoms with Crippen LogP contribution in [0.1, 0.15) is 24.4 Å². The quantitative estimate of drug-likeness (QED) is 0.567. The van der Waals surface area contributed by atoms with E-state index in [0.29, 0.717) is 11.3 Å². The molecular weight excluding hydrogens is 372 g/mol. The zero-order valence-corrected chi connectivity index (χ0v) is 15.7. The van der Waals surface area contributed by atoms with Gasteiger partial charge >= 0.3 is 5.69 Å². The molecule has 1 saturated heterocycles. The number of hydrogen-bond donors (Lipinski definition) is 1. The van der Waals surface area contributed by atoms with Crippen LogP contribution in [0.15, 0.2) is 63.5 Å². The number of piperidine rings is 1. The summed E-state index contributed by atoms with van der Waals surface area (Å²) in [4.78, 5) is 38.1. The lowest BCUT2D eigenvalue weighted by Gasteiger charge is -2.32. The molecule has 9 nitrogen and oxygen atoms in total. The van der Waals surface area contributed by atoms with Gasteiger partial charge < -0.3 is 8.98 Å². The van der Waals surface area contributed by atoms with E-state index in [4.69, 9.17) is 4.42 Å². The van der Waals surface area contributed by atoms with Gasteiger partial charge in [-0.3, -0.25) is 19.7 Å². The van der Waals surface area contributed by atoms with Crippen molar-refractivity contribution in [3.63, 3.8) is 0 Å². The van der Waals surface area contributed by atoms with E-state index in [9.17, 15) is 9.59 Å². The summed E-state index contributed by atoms with van der Waals surface area (Å²) in [5.74, 6) is 0. The van der Waals surface area contributed by atoms with E-state index in [2.05, 4.69) is 19.9 Å². The first-order chi connectivity index (χ1) is 14.2.